The summed E-state index contributed by atoms with van der Waals surface area (Å²) in [7, 11) is 1.89. The number of pyridine rings is 1. The van der Waals surface area contributed by atoms with Crippen LogP contribution in [-0.4, -0.2) is 35.5 Å². The van der Waals surface area contributed by atoms with Gasteiger partial charge >= 0.3 is 0 Å². The fourth-order valence-corrected chi connectivity index (χ4v) is 5.98. The summed E-state index contributed by atoms with van der Waals surface area (Å²) in [6.45, 7) is 0. The number of benzene rings is 1. The Labute approximate surface area is 210 Å². The Morgan fingerprint density at radius 2 is 2.03 bits per heavy atom. The molecular weight excluding hydrogens is 483 g/mol. The lowest BCUT2D eigenvalue weighted by Gasteiger charge is -2.27. The van der Waals surface area contributed by atoms with E-state index in [9.17, 15) is 9.59 Å². The highest BCUT2D eigenvalue weighted by Gasteiger charge is 2.47. The molecule has 1 saturated carbocycles. The van der Waals surface area contributed by atoms with Crippen LogP contribution < -0.4 is 10.9 Å². The Hall–Kier alpha value is -3.72. The van der Waals surface area contributed by atoms with Crippen molar-refractivity contribution in [3.8, 4) is 22.5 Å². The highest BCUT2D eigenvalue weighted by Crippen LogP contribution is 2.46. The lowest BCUT2D eigenvalue weighted by atomic mass is 9.88. The van der Waals surface area contributed by atoms with E-state index in [0.717, 1.165) is 29.8 Å². The molecule has 3 aromatic heterocycles. The summed E-state index contributed by atoms with van der Waals surface area (Å²) in [5.74, 6) is -0.231. The minimum Gasteiger partial charge on any atom is -0.346 e. The number of aryl methyl sites for hydroxylation is 1. The van der Waals surface area contributed by atoms with Gasteiger partial charge in [-0.25, -0.2) is 14.4 Å². The normalized spacial score (nSPS) is 19.3. The van der Waals surface area contributed by atoms with E-state index >= 15 is 4.39 Å². The smallest absolute Gasteiger partial charge is 0.254 e. The average molecular weight is 505 g/mol. The van der Waals surface area contributed by atoms with Crippen molar-refractivity contribution >= 4 is 17.5 Å². The molecule has 0 radical (unpaired) electrons. The molecule has 5 heterocycles. The van der Waals surface area contributed by atoms with Crippen molar-refractivity contribution in [2.24, 2.45) is 7.05 Å². The van der Waals surface area contributed by atoms with E-state index in [4.69, 9.17) is 11.6 Å². The van der Waals surface area contributed by atoms with Gasteiger partial charge in [-0.15, -0.1) is 0 Å². The number of rotatable bonds is 2. The van der Waals surface area contributed by atoms with Crippen LogP contribution in [-0.2, 0) is 19.9 Å². The molecule has 1 spiro atoms. The fourth-order valence-electron chi connectivity index (χ4n) is 5.82. The third kappa shape index (κ3) is 3.05. The number of carbonyl (C=O) groups excluding carboxylic acids is 1. The zero-order valence-electron chi connectivity index (χ0n) is 19.4. The number of nitrogens with one attached hydrogen (secondary N) is 2. The van der Waals surface area contributed by atoms with Gasteiger partial charge in [0, 0.05) is 35.5 Å². The second-order valence-electron chi connectivity index (χ2n) is 10.0. The van der Waals surface area contributed by atoms with Gasteiger partial charge in [-0.1, -0.05) is 17.7 Å². The highest BCUT2D eigenvalue weighted by molar-refractivity contribution is 6.31. The van der Waals surface area contributed by atoms with Crippen LogP contribution in [0.4, 0.5) is 4.39 Å². The first kappa shape index (κ1) is 21.6. The number of nitrogens with zero attached hydrogens (tertiary/aromatic N) is 4. The van der Waals surface area contributed by atoms with Crippen molar-refractivity contribution in [3.05, 3.63) is 80.8 Å². The summed E-state index contributed by atoms with van der Waals surface area (Å²) in [4.78, 5) is 39.2. The van der Waals surface area contributed by atoms with Gasteiger partial charge < -0.3 is 19.4 Å². The highest BCUT2D eigenvalue weighted by atomic mass is 35.5. The Balaban J connectivity index is 1.41. The van der Waals surface area contributed by atoms with Gasteiger partial charge in [0.2, 0.25) is 0 Å². The van der Waals surface area contributed by atoms with E-state index < -0.39 is 5.82 Å². The van der Waals surface area contributed by atoms with Gasteiger partial charge in [0.1, 0.15) is 11.6 Å². The molecule has 10 heteroatoms. The molecule has 0 unspecified atom stereocenters. The number of fused-ring (bicyclic) bond motifs is 5. The SMILES string of the molecule is Cn1cncc1-c1cnc([C@H]2CCc3c4c(cc(=O)n32)-c2c(ccc(Cl)c2F)CC2(CC2)NC4=O)[nH]1. The summed E-state index contributed by atoms with van der Waals surface area (Å²) >= 11 is 6.17. The van der Waals surface area contributed by atoms with Crippen LogP contribution in [0.15, 0.2) is 41.7 Å². The van der Waals surface area contributed by atoms with E-state index in [0.29, 0.717) is 41.9 Å². The lowest BCUT2D eigenvalue weighted by Crippen LogP contribution is -2.41. The second kappa shape index (κ2) is 7.39. The standard InChI is InChI=1S/C26H22ClFN6O2/c1-33-12-29-11-19(33)16-10-30-24(31-16)18-5-4-17-22-14(8-20(35)34(17)18)21-13(2-3-15(27)23(21)28)9-26(6-7-26)32-25(22)36/h2-3,8,10-12,18H,4-7,9H2,1H3,(H,30,31)(H,32,36)/t18-/m1/s1. The summed E-state index contributed by atoms with van der Waals surface area (Å²) < 4.78 is 19.0. The maximum Gasteiger partial charge on any atom is 0.254 e. The summed E-state index contributed by atoms with van der Waals surface area (Å²) in [5, 5.41) is 3.16. The first-order chi connectivity index (χ1) is 17.3. The number of amides is 1. The van der Waals surface area contributed by atoms with E-state index in [-0.39, 0.29) is 33.6 Å². The Kier molecular flexibility index (Phi) is 4.43. The van der Waals surface area contributed by atoms with Crippen LogP contribution in [0.3, 0.4) is 0 Å². The van der Waals surface area contributed by atoms with Crippen molar-refractivity contribution in [3.63, 3.8) is 0 Å². The van der Waals surface area contributed by atoms with Gasteiger partial charge in [0.25, 0.3) is 11.5 Å². The van der Waals surface area contributed by atoms with Gasteiger partial charge in [-0.3, -0.25) is 9.59 Å². The molecule has 1 aliphatic carbocycles. The molecule has 1 aromatic carbocycles. The lowest BCUT2D eigenvalue weighted by molar-refractivity contribution is 0.0929. The van der Waals surface area contributed by atoms with Gasteiger partial charge in [-0.2, -0.15) is 0 Å². The van der Waals surface area contributed by atoms with Crippen LogP contribution in [0.1, 0.15) is 52.7 Å². The van der Waals surface area contributed by atoms with Crippen LogP contribution in [0.2, 0.25) is 5.02 Å². The first-order valence-corrected chi connectivity index (χ1v) is 12.3. The van der Waals surface area contributed by atoms with Crippen LogP contribution >= 0.6 is 11.6 Å². The Morgan fingerprint density at radius 3 is 2.78 bits per heavy atom. The first-order valence-electron chi connectivity index (χ1n) is 11.9. The molecule has 3 aliphatic rings. The maximum absolute atomic E-state index is 15.5. The molecule has 0 saturated heterocycles. The van der Waals surface area contributed by atoms with Crippen LogP contribution in [0, 0.1) is 5.82 Å². The molecule has 7 rings (SSSR count). The second-order valence-corrected chi connectivity index (χ2v) is 10.4. The monoisotopic (exact) mass is 504 g/mol. The van der Waals surface area contributed by atoms with Crippen molar-refractivity contribution in [2.75, 3.05) is 0 Å². The number of carbonyl (C=O) groups is 1. The van der Waals surface area contributed by atoms with Crippen molar-refractivity contribution in [1.29, 1.82) is 0 Å². The number of hydrogen-bond acceptors (Lipinski definition) is 4. The van der Waals surface area contributed by atoms with Crippen molar-refractivity contribution < 1.29 is 9.18 Å². The quantitative estimate of drug-likeness (QED) is 0.434. The van der Waals surface area contributed by atoms with Crippen molar-refractivity contribution in [2.45, 2.75) is 43.7 Å². The summed E-state index contributed by atoms with van der Waals surface area (Å²) in [6, 6.07) is 4.36. The average Bonchev–Trinajstić information content (AvgIpc) is 3.22. The maximum atomic E-state index is 15.5. The predicted molar refractivity (Wildman–Crippen MR) is 131 cm³/mol. The number of halogens is 2. The fraction of sp³-hybridized carbons (Fsp3) is 0.308. The number of hydrogen-bond donors (Lipinski definition) is 2. The third-order valence-corrected chi connectivity index (χ3v) is 8.05. The third-order valence-electron chi connectivity index (χ3n) is 7.76. The van der Waals surface area contributed by atoms with E-state index in [2.05, 4.69) is 20.3 Å². The molecule has 1 atom stereocenters. The largest absolute Gasteiger partial charge is 0.346 e. The molecular formula is C26H22ClFN6O2. The molecule has 36 heavy (non-hydrogen) atoms. The number of aromatic nitrogens is 5. The summed E-state index contributed by atoms with van der Waals surface area (Å²) in [5.41, 5.74) is 3.25. The Morgan fingerprint density at radius 1 is 1.19 bits per heavy atom. The van der Waals surface area contributed by atoms with Gasteiger partial charge in [0.05, 0.1) is 46.7 Å². The zero-order chi connectivity index (χ0) is 24.8. The van der Waals surface area contributed by atoms with E-state index in [1.165, 1.54) is 6.07 Å². The van der Waals surface area contributed by atoms with E-state index in [1.54, 1.807) is 35.4 Å². The number of aromatic amines is 1. The Bertz CT molecular complexity index is 1650. The van der Waals surface area contributed by atoms with E-state index in [1.807, 2.05) is 11.6 Å². The molecule has 8 nitrogen and oxygen atoms in total. The molecule has 182 valence electrons. The minimum absolute atomic E-state index is 0.0257. The topological polar surface area (TPSA) is 97.6 Å². The van der Waals surface area contributed by atoms with Gasteiger partial charge in [0.15, 0.2) is 0 Å². The molecule has 2 aliphatic heterocycles. The minimum atomic E-state index is -0.591. The summed E-state index contributed by atoms with van der Waals surface area (Å²) in [6.07, 6.45) is 8.42. The zero-order valence-corrected chi connectivity index (χ0v) is 20.2. The molecule has 2 N–H and O–H groups in total. The molecule has 0 bridgehead atoms. The van der Waals surface area contributed by atoms with Crippen molar-refractivity contribution in [1.82, 2.24) is 29.4 Å². The molecule has 1 fully saturated rings. The molecule has 1 amide bonds. The van der Waals surface area contributed by atoms with Crippen LogP contribution in [0.25, 0.3) is 22.5 Å². The molecule has 4 aromatic rings. The number of imidazole rings is 2. The van der Waals surface area contributed by atoms with Gasteiger partial charge in [-0.05, 0) is 43.7 Å². The number of H-pyrrole nitrogens is 1. The predicted octanol–water partition coefficient (Wildman–Crippen LogP) is 3.79. The van der Waals surface area contributed by atoms with Crippen LogP contribution in [0.5, 0.6) is 0 Å².